The summed E-state index contributed by atoms with van der Waals surface area (Å²) in [5, 5.41) is 9.81. The number of benzene rings is 1. The van der Waals surface area contributed by atoms with E-state index < -0.39 is 0 Å². The Hall–Kier alpha value is -1.35. The fraction of sp³-hybridized carbons (Fsp3) is 0.533. The molecule has 1 amide bonds. The second-order valence-corrected chi connectivity index (χ2v) is 4.67. The van der Waals surface area contributed by atoms with Crippen LogP contribution in [0.4, 0.5) is 0 Å². The van der Waals surface area contributed by atoms with E-state index in [2.05, 4.69) is 38.2 Å². The first-order chi connectivity index (χ1) is 8.59. The van der Waals surface area contributed by atoms with Crippen molar-refractivity contribution in [2.75, 3.05) is 13.7 Å². The van der Waals surface area contributed by atoms with Crippen molar-refractivity contribution in [3.8, 4) is 0 Å². The molecule has 2 N–H and O–H groups in total. The molecule has 1 aromatic rings. The number of aliphatic hydroxyl groups excluding tert-OH is 1. The highest BCUT2D eigenvalue weighted by atomic mass is 16.2. The molecular weight excluding hydrogens is 226 g/mol. The zero-order valence-electron chi connectivity index (χ0n) is 11.8. The minimum atomic E-state index is 0.216. The van der Waals surface area contributed by atoms with E-state index in [9.17, 15) is 4.79 Å². The third-order valence-corrected chi connectivity index (χ3v) is 2.89. The average Bonchev–Trinajstić information content (AvgIpc) is 2.80. The fourth-order valence-electron chi connectivity index (χ4n) is 1.63. The van der Waals surface area contributed by atoms with Crippen molar-refractivity contribution in [2.24, 2.45) is 11.8 Å². The van der Waals surface area contributed by atoms with E-state index in [4.69, 9.17) is 5.11 Å². The van der Waals surface area contributed by atoms with Crippen LogP contribution >= 0.6 is 0 Å². The van der Waals surface area contributed by atoms with Gasteiger partial charge >= 0.3 is 0 Å². The van der Waals surface area contributed by atoms with Gasteiger partial charge in [0, 0.05) is 20.1 Å². The Labute approximate surface area is 110 Å². The largest absolute Gasteiger partial charge is 0.400 e. The summed E-state index contributed by atoms with van der Waals surface area (Å²) in [5.74, 6) is 1.44. The summed E-state index contributed by atoms with van der Waals surface area (Å²) in [4.78, 5) is 10.6. The lowest BCUT2D eigenvalue weighted by Crippen LogP contribution is -2.15. The molecule has 1 atom stereocenters. The first-order valence-electron chi connectivity index (χ1n) is 6.32. The molecule has 18 heavy (non-hydrogen) atoms. The number of amides is 1. The quantitative estimate of drug-likeness (QED) is 0.805. The lowest BCUT2D eigenvalue weighted by molar-refractivity contribution is -0.119. The van der Waals surface area contributed by atoms with Crippen molar-refractivity contribution in [1.29, 1.82) is 0 Å². The van der Waals surface area contributed by atoms with Gasteiger partial charge in [-0.2, -0.15) is 0 Å². The molecule has 0 radical (unpaired) electrons. The fourth-order valence-corrected chi connectivity index (χ4v) is 1.63. The Morgan fingerprint density at radius 2 is 1.78 bits per heavy atom. The molecule has 1 aliphatic heterocycles. The van der Waals surface area contributed by atoms with Crippen LogP contribution < -0.4 is 5.32 Å². The second-order valence-electron chi connectivity index (χ2n) is 4.67. The van der Waals surface area contributed by atoms with E-state index in [0.717, 1.165) is 20.1 Å². The predicted octanol–water partition coefficient (Wildman–Crippen LogP) is 2.38. The van der Waals surface area contributed by atoms with E-state index >= 15 is 0 Å². The molecule has 0 aromatic heterocycles. The summed E-state index contributed by atoms with van der Waals surface area (Å²) in [6.07, 6.45) is 0.734. The van der Waals surface area contributed by atoms with Crippen LogP contribution in [0.25, 0.3) is 0 Å². The molecule has 0 spiro atoms. The standard InChI is InChI=1S/C7H13NO.C7H8.CH4O/c1-5(2)6-3-7(9)8-4-6;1-7-5-3-2-4-6-7;1-2/h5-6H,3-4H2,1-2H3,(H,8,9);2-6H,1H3;2H,1H3. The third kappa shape index (κ3) is 7.07. The highest BCUT2D eigenvalue weighted by Crippen LogP contribution is 2.17. The molecule has 1 unspecified atom stereocenters. The summed E-state index contributed by atoms with van der Waals surface area (Å²) >= 11 is 0. The smallest absolute Gasteiger partial charge is 0.220 e. The van der Waals surface area contributed by atoms with Gasteiger partial charge in [0.25, 0.3) is 0 Å². The Balaban J connectivity index is 0.000000289. The average molecular weight is 251 g/mol. The number of hydrogen-bond acceptors (Lipinski definition) is 2. The van der Waals surface area contributed by atoms with Gasteiger partial charge in [0.2, 0.25) is 5.91 Å². The van der Waals surface area contributed by atoms with Crippen molar-refractivity contribution in [3.63, 3.8) is 0 Å². The summed E-state index contributed by atoms with van der Waals surface area (Å²) in [5.41, 5.74) is 1.32. The lowest BCUT2D eigenvalue weighted by atomic mass is 9.95. The normalized spacial score (nSPS) is 17.2. The van der Waals surface area contributed by atoms with Gasteiger partial charge in [-0.3, -0.25) is 4.79 Å². The van der Waals surface area contributed by atoms with Gasteiger partial charge in [-0.25, -0.2) is 0 Å². The summed E-state index contributed by atoms with van der Waals surface area (Å²) in [6.45, 7) is 7.28. The van der Waals surface area contributed by atoms with E-state index in [-0.39, 0.29) is 5.91 Å². The van der Waals surface area contributed by atoms with Crippen molar-refractivity contribution in [3.05, 3.63) is 35.9 Å². The molecule has 102 valence electrons. The maximum Gasteiger partial charge on any atom is 0.220 e. The minimum absolute atomic E-state index is 0.216. The van der Waals surface area contributed by atoms with Gasteiger partial charge in [-0.1, -0.05) is 49.7 Å². The minimum Gasteiger partial charge on any atom is -0.400 e. The summed E-state index contributed by atoms with van der Waals surface area (Å²) < 4.78 is 0. The molecule has 3 heteroatoms. The third-order valence-electron chi connectivity index (χ3n) is 2.89. The van der Waals surface area contributed by atoms with Crippen LogP contribution in [0.15, 0.2) is 30.3 Å². The zero-order valence-corrected chi connectivity index (χ0v) is 11.8. The van der Waals surface area contributed by atoms with Gasteiger partial charge in [-0.05, 0) is 18.8 Å². The van der Waals surface area contributed by atoms with E-state index in [0.29, 0.717) is 11.8 Å². The Kier molecular flexibility index (Phi) is 8.93. The molecule has 1 heterocycles. The van der Waals surface area contributed by atoms with Crippen LogP contribution in [-0.4, -0.2) is 24.7 Å². The van der Waals surface area contributed by atoms with E-state index in [1.807, 2.05) is 18.2 Å². The Bertz CT molecular complexity index is 323. The molecular formula is C15H25NO2. The Morgan fingerprint density at radius 1 is 1.22 bits per heavy atom. The van der Waals surface area contributed by atoms with Crippen molar-refractivity contribution in [1.82, 2.24) is 5.32 Å². The second kappa shape index (κ2) is 9.66. The highest BCUT2D eigenvalue weighted by Gasteiger charge is 2.23. The first kappa shape index (κ1) is 16.6. The van der Waals surface area contributed by atoms with Crippen LogP contribution in [0.1, 0.15) is 25.8 Å². The number of rotatable bonds is 1. The summed E-state index contributed by atoms with van der Waals surface area (Å²) in [6, 6.07) is 10.3. The van der Waals surface area contributed by atoms with Crippen LogP contribution in [0, 0.1) is 18.8 Å². The Morgan fingerprint density at radius 3 is 2.00 bits per heavy atom. The molecule has 0 bridgehead atoms. The number of aliphatic hydroxyl groups is 1. The zero-order chi connectivity index (χ0) is 14.0. The monoisotopic (exact) mass is 251 g/mol. The maximum absolute atomic E-state index is 10.6. The molecule has 1 aliphatic rings. The van der Waals surface area contributed by atoms with Crippen LogP contribution in [0.3, 0.4) is 0 Å². The molecule has 1 saturated heterocycles. The topological polar surface area (TPSA) is 49.3 Å². The molecule has 1 fully saturated rings. The van der Waals surface area contributed by atoms with Crippen molar-refractivity contribution >= 4 is 5.91 Å². The number of aryl methyl sites for hydroxylation is 1. The van der Waals surface area contributed by atoms with E-state index in [1.165, 1.54) is 5.56 Å². The summed E-state index contributed by atoms with van der Waals surface area (Å²) in [7, 11) is 1.00. The molecule has 3 nitrogen and oxygen atoms in total. The SMILES string of the molecule is CC(C)C1CNC(=O)C1.CO.Cc1ccccc1. The maximum atomic E-state index is 10.6. The van der Waals surface area contributed by atoms with Gasteiger partial charge in [0.05, 0.1) is 0 Å². The lowest BCUT2D eigenvalue weighted by Gasteiger charge is -2.09. The first-order valence-corrected chi connectivity index (χ1v) is 6.32. The number of nitrogens with one attached hydrogen (secondary N) is 1. The van der Waals surface area contributed by atoms with Crippen LogP contribution in [0.5, 0.6) is 0 Å². The number of carbonyl (C=O) groups is 1. The van der Waals surface area contributed by atoms with Crippen molar-refractivity contribution < 1.29 is 9.90 Å². The molecule has 0 saturated carbocycles. The number of carbonyl (C=O) groups excluding carboxylic acids is 1. The van der Waals surface area contributed by atoms with E-state index in [1.54, 1.807) is 0 Å². The van der Waals surface area contributed by atoms with Crippen LogP contribution in [-0.2, 0) is 4.79 Å². The predicted molar refractivity (Wildman–Crippen MR) is 75.3 cm³/mol. The van der Waals surface area contributed by atoms with Gasteiger partial charge in [0.1, 0.15) is 0 Å². The van der Waals surface area contributed by atoms with Gasteiger partial charge in [-0.15, -0.1) is 0 Å². The van der Waals surface area contributed by atoms with Gasteiger partial charge < -0.3 is 10.4 Å². The molecule has 0 aliphatic carbocycles. The van der Waals surface area contributed by atoms with Crippen LogP contribution in [0.2, 0.25) is 0 Å². The molecule has 2 rings (SSSR count). The highest BCUT2D eigenvalue weighted by molar-refractivity contribution is 5.78. The van der Waals surface area contributed by atoms with Crippen molar-refractivity contribution in [2.45, 2.75) is 27.2 Å². The molecule has 1 aromatic carbocycles. The van der Waals surface area contributed by atoms with Gasteiger partial charge in [0.15, 0.2) is 0 Å². The number of hydrogen-bond donors (Lipinski definition) is 2.